The van der Waals surface area contributed by atoms with E-state index in [1.54, 1.807) is 12.1 Å². The lowest BCUT2D eigenvalue weighted by Gasteiger charge is -2.10. The van der Waals surface area contributed by atoms with E-state index in [1.807, 2.05) is 38.1 Å². The van der Waals surface area contributed by atoms with E-state index in [0.29, 0.717) is 11.3 Å². The summed E-state index contributed by atoms with van der Waals surface area (Å²) in [7, 11) is 0. The molecule has 0 radical (unpaired) electrons. The minimum absolute atomic E-state index is 0.255. The molecule has 20 heavy (non-hydrogen) atoms. The minimum Gasteiger partial charge on any atom is -0.457 e. The highest BCUT2D eigenvalue weighted by Gasteiger charge is 2.13. The minimum atomic E-state index is -0.365. The number of aryl methyl sites for hydroxylation is 1. The predicted molar refractivity (Wildman–Crippen MR) is 83.6 cm³/mol. The van der Waals surface area contributed by atoms with Crippen molar-refractivity contribution in [1.29, 1.82) is 0 Å². The number of carbonyl (C=O) groups excluding carboxylic acids is 1. The van der Waals surface area contributed by atoms with Crippen molar-refractivity contribution in [3.05, 3.63) is 63.1 Å². The second kappa shape index (κ2) is 6.09. The molecule has 0 aliphatic heterocycles. The maximum absolute atomic E-state index is 12.1. The van der Waals surface area contributed by atoms with E-state index in [1.165, 1.54) is 5.56 Å². The van der Waals surface area contributed by atoms with Crippen LogP contribution in [0.2, 0.25) is 0 Å². The molecule has 0 heterocycles. The van der Waals surface area contributed by atoms with E-state index in [4.69, 9.17) is 10.5 Å². The zero-order valence-corrected chi connectivity index (χ0v) is 13.0. The number of carbonyl (C=O) groups is 1. The summed E-state index contributed by atoms with van der Waals surface area (Å²) < 4.78 is 6.10. The number of ether oxygens (including phenoxy) is 1. The molecule has 0 aliphatic carbocycles. The summed E-state index contributed by atoms with van der Waals surface area (Å²) in [5.74, 6) is -0.365. The van der Waals surface area contributed by atoms with E-state index in [2.05, 4.69) is 15.9 Å². The number of esters is 1. The predicted octanol–water partition coefficient (Wildman–Crippen LogP) is 4.01. The molecule has 0 spiro atoms. The second-order valence-corrected chi connectivity index (χ2v) is 5.64. The first-order valence-corrected chi connectivity index (χ1v) is 7.05. The molecule has 2 aromatic carbocycles. The van der Waals surface area contributed by atoms with E-state index in [0.717, 1.165) is 15.6 Å². The third-order valence-corrected chi connectivity index (χ3v) is 3.58. The number of nitrogens with two attached hydrogens (primary N) is 1. The highest BCUT2D eigenvalue weighted by Crippen LogP contribution is 2.23. The molecular weight excluding hydrogens is 318 g/mol. The van der Waals surface area contributed by atoms with Crippen LogP contribution in [0, 0.1) is 13.8 Å². The Labute approximate surface area is 126 Å². The normalized spacial score (nSPS) is 10.3. The van der Waals surface area contributed by atoms with E-state index in [9.17, 15) is 4.79 Å². The van der Waals surface area contributed by atoms with Crippen LogP contribution in [0.1, 0.15) is 27.0 Å². The molecule has 0 fully saturated rings. The zero-order valence-electron chi connectivity index (χ0n) is 11.4. The molecule has 2 aromatic rings. The number of nitrogen functional groups attached to an aromatic ring is 1. The van der Waals surface area contributed by atoms with Gasteiger partial charge in [0.25, 0.3) is 0 Å². The lowest BCUT2D eigenvalue weighted by Crippen LogP contribution is -2.08. The Bertz CT molecular complexity index is 636. The molecule has 0 aliphatic rings. The maximum atomic E-state index is 12.1. The van der Waals surface area contributed by atoms with E-state index >= 15 is 0 Å². The second-order valence-electron chi connectivity index (χ2n) is 4.73. The summed E-state index contributed by atoms with van der Waals surface area (Å²) in [6.45, 7) is 4.08. The Morgan fingerprint density at radius 3 is 2.50 bits per heavy atom. The monoisotopic (exact) mass is 333 g/mol. The molecule has 4 heteroatoms. The van der Waals surface area contributed by atoms with Gasteiger partial charge < -0.3 is 10.5 Å². The van der Waals surface area contributed by atoms with Gasteiger partial charge in [0.1, 0.15) is 6.61 Å². The van der Waals surface area contributed by atoms with E-state index in [-0.39, 0.29) is 12.6 Å². The first-order valence-electron chi connectivity index (χ1n) is 6.25. The maximum Gasteiger partial charge on any atom is 0.338 e. The molecular formula is C16H16BrNO2. The summed E-state index contributed by atoms with van der Waals surface area (Å²) in [6.07, 6.45) is 0. The van der Waals surface area contributed by atoms with Crippen molar-refractivity contribution in [2.75, 3.05) is 5.73 Å². The van der Waals surface area contributed by atoms with Gasteiger partial charge in [-0.1, -0.05) is 45.8 Å². The van der Waals surface area contributed by atoms with Crippen molar-refractivity contribution in [1.82, 2.24) is 0 Å². The van der Waals surface area contributed by atoms with Crippen LogP contribution in [-0.2, 0) is 11.3 Å². The highest BCUT2D eigenvalue weighted by molar-refractivity contribution is 9.10. The summed E-state index contributed by atoms with van der Waals surface area (Å²) in [4.78, 5) is 12.1. The van der Waals surface area contributed by atoms with Crippen LogP contribution in [0.5, 0.6) is 0 Å². The molecule has 0 unspecified atom stereocenters. The largest absolute Gasteiger partial charge is 0.457 e. The van der Waals surface area contributed by atoms with Crippen LogP contribution < -0.4 is 5.73 Å². The van der Waals surface area contributed by atoms with Crippen LogP contribution in [0.15, 0.2) is 40.9 Å². The molecule has 0 amide bonds. The Morgan fingerprint density at radius 1 is 1.20 bits per heavy atom. The first-order chi connectivity index (χ1) is 9.47. The average Bonchev–Trinajstić information content (AvgIpc) is 2.42. The smallest absolute Gasteiger partial charge is 0.338 e. The molecule has 0 bridgehead atoms. The lowest BCUT2D eigenvalue weighted by atomic mass is 10.1. The third kappa shape index (κ3) is 3.39. The molecule has 104 valence electrons. The quantitative estimate of drug-likeness (QED) is 0.682. The van der Waals surface area contributed by atoms with Gasteiger partial charge in [-0.2, -0.15) is 0 Å². The Kier molecular flexibility index (Phi) is 4.45. The molecule has 0 aromatic heterocycles. The molecule has 0 saturated carbocycles. The van der Waals surface area contributed by atoms with Crippen molar-refractivity contribution in [3.8, 4) is 0 Å². The van der Waals surface area contributed by atoms with Gasteiger partial charge in [0.05, 0.1) is 5.56 Å². The van der Waals surface area contributed by atoms with Gasteiger partial charge >= 0.3 is 5.97 Å². The van der Waals surface area contributed by atoms with Crippen LogP contribution in [0.4, 0.5) is 5.69 Å². The van der Waals surface area contributed by atoms with Gasteiger partial charge in [-0.3, -0.25) is 0 Å². The third-order valence-electron chi connectivity index (χ3n) is 3.12. The van der Waals surface area contributed by atoms with Gasteiger partial charge in [0.15, 0.2) is 0 Å². The fourth-order valence-corrected chi connectivity index (χ4v) is 2.30. The summed E-state index contributed by atoms with van der Waals surface area (Å²) in [5.41, 5.74) is 9.78. The van der Waals surface area contributed by atoms with Gasteiger partial charge in [-0.15, -0.1) is 0 Å². The van der Waals surface area contributed by atoms with Gasteiger partial charge in [0, 0.05) is 10.2 Å². The number of anilines is 1. The fraction of sp³-hybridized carbons (Fsp3) is 0.188. The van der Waals surface area contributed by atoms with Gasteiger partial charge in [0.2, 0.25) is 0 Å². The molecule has 0 saturated heterocycles. The number of halogens is 1. The number of rotatable bonds is 3. The average molecular weight is 334 g/mol. The fourth-order valence-electron chi connectivity index (χ4n) is 1.82. The zero-order chi connectivity index (χ0) is 14.7. The summed E-state index contributed by atoms with van der Waals surface area (Å²) in [5, 5.41) is 0. The number of hydrogen-bond acceptors (Lipinski definition) is 3. The van der Waals surface area contributed by atoms with E-state index < -0.39 is 0 Å². The Hall–Kier alpha value is -1.81. The number of hydrogen-bond donors (Lipinski definition) is 1. The Morgan fingerprint density at radius 2 is 1.85 bits per heavy atom. The van der Waals surface area contributed by atoms with Crippen LogP contribution >= 0.6 is 15.9 Å². The molecule has 2 rings (SSSR count). The topological polar surface area (TPSA) is 52.3 Å². The van der Waals surface area contributed by atoms with Crippen LogP contribution in [-0.4, -0.2) is 5.97 Å². The SMILES string of the molecule is Cc1ccc(COC(=O)c2cc(Br)cc(N)c2C)cc1. The first kappa shape index (κ1) is 14.6. The summed E-state index contributed by atoms with van der Waals surface area (Å²) in [6, 6.07) is 11.4. The van der Waals surface area contributed by atoms with Crippen LogP contribution in [0.25, 0.3) is 0 Å². The summed E-state index contributed by atoms with van der Waals surface area (Å²) >= 11 is 3.33. The number of benzene rings is 2. The Balaban J connectivity index is 2.11. The lowest BCUT2D eigenvalue weighted by molar-refractivity contribution is 0.0472. The van der Waals surface area contributed by atoms with Crippen molar-refractivity contribution in [2.24, 2.45) is 0 Å². The molecule has 3 nitrogen and oxygen atoms in total. The van der Waals surface area contributed by atoms with Gasteiger partial charge in [-0.05, 0) is 37.1 Å². The van der Waals surface area contributed by atoms with Gasteiger partial charge in [-0.25, -0.2) is 4.79 Å². The van der Waals surface area contributed by atoms with Crippen molar-refractivity contribution in [2.45, 2.75) is 20.5 Å². The van der Waals surface area contributed by atoms with Crippen molar-refractivity contribution < 1.29 is 9.53 Å². The van der Waals surface area contributed by atoms with Crippen molar-refractivity contribution in [3.63, 3.8) is 0 Å². The van der Waals surface area contributed by atoms with Crippen LogP contribution in [0.3, 0.4) is 0 Å². The standard InChI is InChI=1S/C16H16BrNO2/c1-10-3-5-12(6-4-10)9-20-16(19)14-7-13(17)8-15(18)11(14)2/h3-8H,9,18H2,1-2H3. The highest BCUT2D eigenvalue weighted by atomic mass is 79.9. The molecule has 2 N–H and O–H groups in total. The van der Waals surface area contributed by atoms with Crippen molar-refractivity contribution >= 4 is 27.6 Å². The molecule has 0 atom stereocenters.